The van der Waals surface area contributed by atoms with Crippen molar-refractivity contribution in [3.05, 3.63) is 86.1 Å². The second kappa shape index (κ2) is 9.18. The summed E-state index contributed by atoms with van der Waals surface area (Å²) in [5.74, 6) is -0.785. The first-order valence-electron chi connectivity index (χ1n) is 8.24. The van der Waals surface area contributed by atoms with Crippen LogP contribution in [0.4, 0.5) is 17.3 Å². The number of hydrogen-bond acceptors (Lipinski definition) is 7. The summed E-state index contributed by atoms with van der Waals surface area (Å²) in [6.07, 6.45) is 1.14. The van der Waals surface area contributed by atoms with E-state index in [0.717, 1.165) is 11.9 Å². The normalized spacial score (nSPS) is 10.3. The molecule has 3 aromatic rings. The summed E-state index contributed by atoms with van der Waals surface area (Å²) < 4.78 is 0. The van der Waals surface area contributed by atoms with E-state index in [4.69, 9.17) is 23.2 Å². The number of hydrazine groups is 1. The third kappa shape index (κ3) is 5.09. The molecule has 0 aliphatic heterocycles. The Morgan fingerprint density at radius 3 is 2.48 bits per heavy atom. The number of anilines is 2. The summed E-state index contributed by atoms with van der Waals surface area (Å²) in [7, 11) is 0. The Hall–Kier alpha value is -3.43. The monoisotopic (exact) mass is 432 g/mol. The fraction of sp³-hybridized carbons (Fsp3) is 0.0556. The summed E-state index contributed by atoms with van der Waals surface area (Å²) in [6, 6.07) is 13.7. The maximum atomic E-state index is 12.3. The number of nitro groups is 1. The van der Waals surface area contributed by atoms with E-state index in [1.165, 1.54) is 18.2 Å². The number of rotatable bonds is 7. The minimum atomic E-state index is -0.642. The van der Waals surface area contributed by atoms with Crippen LogP contribution < -0.4 is 16.2 Å². The Bertz CT molecular complexity index is 1050. The predicted molar refractivity (Wildman–Crippen MR) is 110 cm³/mol. The molecule has 0 bridgehead atoms. The van der Waals surface area contributed by atoms with E-state index in [9.17, 15) is 14.9 Å². The highest BCUT2D eigenvalue weighted by molar-refractivity contribution is 6.36. The number of nitrogens with one attached hydrogen (secondary N) is 3. The second-order valence-electron chi connectivity index (χ2n) is 5.72. The van der Waals surface area contributed by atoms with Crippen molar-refractivity contribution in [3.8, 4) is 0 Å². The molecule has 148 valence electrons. The Morgan fingerprint density at radius 2 is 1.79 bits per heavy atom. The Labute approximate surface area is 175 Å². The smallest absolute Gasteiger partial charge is 0.354 e. The van der Waals surface area contributed by atoms with Crippen LogP contribution in [0.25, 0.3) is 0 Å². The van der Waals surface area contributed by atoms with Gasteiger partial charge in [-0.2, -0.15) is 0 Å². The van der Waals surface area contributed by atoms with Gasteiger partial charge < -0.3 is 5.32 Å². The lowest BCUT2D eigenvalue weighted by Crippen LogP contribution is -2.30. The van der Waals surface area contributed by atoms with Crippen LogP contribution in [0.15, 0.2) is 54.9 Å². The third-order valence-electron chi connectivity index (χ3n) is 3.78. The average molecular weight is 433 g/mol. The average Bonchev–Trinajstić information content (AvgIpc) is 2.71. The van der Waals surface area contributed by atoms with Gasteiger partial charge in [0.1, 0.15) is 6.33 Å². The molecule has 1 aromatic heterocycles. The van der Waals surface area contributed by atoms with E-state index in [0.29, 0.717) is 11.6 Å². The number of amides is 1. The van der Waals surface area contributed by atoms with Gasteiger partial charge in [0.05, 0.1) is 15.5 Å². The molecule has 0 saturated heterocycles. The Morgan fingerprint density at radius 1 is 1.07 bits per heavy atom. The Kier molecular flexibility index (Phi) is 6.43. The number of carbonyl (C=O) groups excluding carboxylic acids is 1. The summed E-state index contributed by atoms with van der Waals surface area (Å²) in [5.41, 5.74) is 5.43. The minimum absolute atomic E-state index is 0.00938. The maximum absolute atomic E-state index is 12.3. The molecule has 11 heteroatoms. The lowest BCUT2D eigenvalue weighted by atomic mass is 10.2. The van der Waals surface area contributed by atoms with Gasteiger partial charge in [0.2, 0.25) is 11.6 Å². The zero-order valence-corrected chi connectivity index (χ0v) is 16.2. The predicted octanol–water partition coefficient (Wildman–Crippen LogP) is 4.06. The van der Waals surface area contributed by atoms with Crippen molar-refractivity contribution in [2.75, 3.05) is 10.7 Å². The zero-order valence-electron chi connectivity index (χ0n) is 14.7. The highest BCUT2D eigenvalue weighted by atomic mass is 35.5. The van der Waals surface area contributed by atoms with E-state index in [1.807, 2.05) is 30.3 Å². The molecule has 0 saturated carbocycles. The molecule has 1 amide bonds. The first-order chi connectivity index (χ1) is 14.0. The molecule has 0 atom stereocenters. The third-order valence-corrected chi connectivity index (χ3v) is 4.33. The number of halogens is 2. The fourth-order valence-electron chi connectivity index (χ4n) is 2.41. The molecule has 29 heavy (non-hydrogen) atoms. The van der Waals surface area contributed by atoms with E-state index >= 15 is 0 Å². The van der Waals surface area contributed by atoms with Crippen molar-refractivity contribution in [2.24, 2.45) is 0 Å². The summed E-state index contributed by atoms with van der Waals surface area (Å²) >= 11 is 11.8. The molecule has 1 heterocycles. The summed E-state index contributed by atoms with van der Waals surface area (Å²) in [4.78, 5) is 31.0. The van der Waals surface area contributed by atoms with Crippen molar-refractivity contribution in [2.45, 2.75) is 6.54 Å². The van der Waals surface area contributed by atoms with Crippen molar-refractivity contribution in [1.82, 2.24) is 15.4 Å². The van der Waals surface area contributed by atoms with Crippen LogP contribution in [0.1, 0.15) is 15.9 Å². The quantitative estimate of drug-likeness (QED) is 0.379. The lowest BCUT2D eigenvalue weighted by Gasteiger charge is -2.11. The molecule has 3 N–H and O–H groups in total. The van der Waals surface area contributed by atoms with E-state index in [1.54, 1.807) is 0 Å². The topological polar surface area (TPSA) is 122 Å². The summed E-state index contributed by atoms with van der Waals surface area (Å²) in [6.45, 7) is 0.324. The van der Waals surface area contributed by atoms with Crippen molar-refractivity contribution < 1.29 is 9.72 Å². The molecule has 0 aliphatic rings. The zero-order chi connectivity index (χ0) is 20.8. The fourth-order valence-corrected chi connectivity index (χ4v) is 2.91. The molecule has 0 unspecified atom stereocenters. The number of aromatic nitrogens is 2. The molecular formula is C18H14Cl2N6O3. The van der Waals surface area contributed by atoms with Crippen molar-refractivity contribution in [3.63, 3.8) is 0 Å². The molecule has 3 rings (SSSR count). The standard InChI is InChI=1S/C18H14Cl2N6O3/c19-12-6-7-13(14(20)8-12)18(27)25-24-17-15(26(28)29)16(22-10-23-17)21-9-11-4-2-1-3-5-11/h1-8,10H,9H2,(H,25,27)(H2,21,22,23,24). The lowest BCUT2D eigenvalue weighted by molar-refractivity contribution is -0.383. The molecule has 0 spiro atoms. The van der Waals surface area contributed by atoms with Crippen molar-refractivity contribution >= 4 is 46.4 Å². The van der Waals surface area contributed by atoms with Crippen molar-refractivity contribution in [1.29, 1.82) is 0 Å². The minimum Gasteiger partial charge on any atom is -0.360 e. The van der Waals surface area contributed by atoms with Crippen LogP contribution in [-0.2, 0) is 6.54 Å². The first kappa shape index (κ1) is 20.3. The van der Waals surface area contributed by atoms with Crippen LogP contribution in [0.3, 0.4) is 0 Å². The molecule has 0 aliphatic carbocycles. The van der Waals surface area contributed by atoms with Crippen LogP contribution in [0.5, 0.6) is 0 Å². The molecule has 9 nitrogen and oxygen atoms in total. The number of hydrogen-bond donors (Lipinski definition) is 3. The van der Waals surface area contributed by atoms with Gasteiger partial charge in [-0.25, -0.2) is 9.97 Å². The first-order valence-corrected chi connectivity index (χ1v) is 9.00. The SMILES string of the molecule is O=C(NNc1ncnc(NCc2ccccc2)c1[N+](=O)[O-])c1ccc(Cl)cc1Cl. The van der Waals surface area contributed by atoms with Gasteiger partial charge in [-0.15, -0.1) is 0 Å². The van der Waals surface area contributed by atoms with E-state index < -0.39 is 16.5 Å². The number of benzene rings is 2. The van der Waals surface area contributed by atoms with Crippen LogP contribution >= 0.6 is 23.2 Å². The number of nitrogens with zero attached hydrogens (tertiary/aromatic N) is 3. The largest absolute Gasteiger partial charge is 0.360 e. The molecule has 0 radical (unpaired) electrons. The van der Waals surface area contributed by atoms with E-state index in [-0.39, 0.29) is 22.2 Å². The maximum Gasteiger partial charge on any atom is 0.354 e. The summed E-state index contributed by atoms with van der Waals surface area (Å²) in [5, 5.41) is 15.0. The molecule has 0 fully saturated rings. The van der Waals surface area contributed by atoms with Gasteiger partial charge in [0.15, 0.2) is 0 Å². The van der Waals surface area contributed by atoms with Gasteiger partial charge in [-0.05, 0) is 23.8 Å². The highest BCUT2D eigenvalue weighted by Crippen LogP contribution is 2.29. The Balaban J connectivity index is 1.76. The molecular weight excluding hydrogens is 419 g/mol. The van der Waals surface area contributed by atoms with E-state index in [2.05, 4.69) is 26.1 Å². The van der Waals surface area contributed by atoms with Gasteiger partial charge in [-0.3, -0.25) is 25.8 Å². The van der Waals surface area contributed by atoms with Gasteiger partial charge in [0, 0.05) is 11.6 Å². The molecule has 2 aromatic carbocycles. The second-order valence-corrected chi connectivity index (χ2v) is 6.56. The number of carbonyl (C=O) groups is 1. The van der Waals surface area contributed by atoms with Crippen LogP contribution in [-0.4, -0.2) is 20.8 Å². The highest BCUT2D eigenvalue weighted by Gasteiger charge is 2.23. The van der Waals surface area contributed by atoms with Gasteiger partial charge in [0.25, 0.3) is 5.91 Å². The van der Waals surface area contributed by atoms with Crippen LogP contribution in [0, 0.1) is 10.1 Å². The van der Waals surface area contributed by atoms with Gasteiger partial charge in [-0.1, -0.05) is 53.5 Å². The van der Waals surface area contributed by atoms with Gasteiger partial charge >= 0.3 is 5.69 Å². The van der Waals surface area contributed by atoms with Crippen LogP contribution in [0.2, 0.25) is 10.0 Å².